The number of benzene rings is 2. The van der Waals surface area contributed by atoms with E-state index in [1.54, 1.807) is 0 Å². The minimum atomic E-state index is -0.355. The van der Waals surface area contributed by atoms with Crippen LogP contribution in [0.5, 0.6) is 0 Å². The summed E-state index contributed by atoms with van der Waals surface area (Å²) in [6.07, 6.45) is 4.54. The summed E-state index contributed by atoms with van der Waals surface area (Å²) < 4.78 is 0. The van der Waals surface area contributed by atoms with Gasteiger partial charge in [0.15, 0.2) is 0 Å². The van der Waals surface area contributed by atoms with Gasteiger partial charge in [-0.25, -0.2) is 4.79 Å². The van der Waals surface area contributed by atoms with Gasteiger partial charge >= 0.3 is 6.03 Å². The number of urea groups is 1. The first-order valence-corrected chi connectivity index (χ1v) is 11.6. The molecule has 0 bridgehead atoms. The Morgan fingerprint density at radius 2 is 1.44 bits per heavy atom. The van der Waals surface area contributed by atoms with Crippen molar-refractivity contribution in [2.45, 2.75) is 70.6 Å². The van der Waals surface area contributed by atoms with Gasteiger partial charge in [-0.1, -0.05) is 70.9 Å². The molecule has 32 heavy (non-hydrogen) atoms. The Kier molecular flexibility index (Phi) is 8.64. The first kappa shape index (κ1) is 26.1. The molecule has 0 saturated heterocycles. The topological polar surface area (TPSA) is 49.6 Å². The molecule has 2 aromatic rings. The molecule has 2 aromatic carbocycles. The molecule has 0 aromatic heterocycles. The van der Waals surface area contributed by atoms with E-state index in [1.165, 1.54) is 35.2 Å². The van der Waals surface area contributed by atoms with E-state index in [9.17, 15) is 4.79 Å². The van der Waals surface area contributed by atoms with Crippen LogP contribution in [0.1, 0.15) is 81.9 Å². The third-order valence-electron chi connectivity index (χ3n) is 6.90. The molecule has 4 nitrogen and oxygen atoms in total. The van der Waals surface area contributed by atoms with Crippen molar-refractivity contribution in [3.63, 3.8) is 0 Å². The number of carbonyl (C=O) groups is 1. The normalized spacial score (nSPS) is 15.0. The maximum atomic E-state index is 12.9. The summed E-state index contributed by atoms with van der Waals surface area (Å²) >= 11 is 0. The van der Waals surface area contributed by atoms with Gasteiger partial charge in [0, 0.05) is 31.7 Å². The van der Waals surface area contributed by atoms with Gasteiger partial charge in [-0.3, -0.25) is 4.90 Å². The lowest BCUT2D eigenvalue weighted by Crippen LogP contribution is -2.46. The van der Waals surface area contributed by atoms with Crippen LogP contribution >= 0.6 is 12.4 Å². The van der Waals surface area contributed by atoms with Crippen molar-refractivity contribution in [2.24, 2.45) is 5.73 Å². The Labute approximate surface area is 200 Å². The van der Waals surface area contributed by atoms with Crippen LogP contribution < -0.4 is 15.5 Å². The minimum Gasteiger partial charge on any atom is -0.378 e. The second-order valence-corrected chi connectivity index (χ2v) is 9.95. The fourth-order valence-corrected chi connectivity index (χ4v) is 5.10. The second-order valence-electron chi connectivity index (χ2n) is 9.95. The number of hydrogen-bond acceptors (Lipinski definition) is 2. The maximum Gasteiger partial charge on any atom is 0.319 e. The van der Waals surface area contributed by atoms with Gasteiger partial charge in [0.2, 0.25) is 0 Å². The first-order valence-electron chi connectivity index (χ1n) is 11.6. The fraction of sp³-hybridized carbons (Fsp3) is 0.519. The molecule has 0 heterocycles. The van der Waals surface area contributed by atoms with Crippen LogP contribution in [0, 0.1) is 0 Å². The number of rotatable bonds is 7. The summed E-state index contributed by atoms with van der Waals surface area (Å²) in [6, 6.07) is 14.9. The molecule has 0 radical (unpaired) electrons. The first-order chi connectivity index (χ1) is 14.7. The smallest absolute Gasteiger partial charge is 0.319 e. The van der Waals surface area contributed by atoms with Gasteiger partial charge in [0.1, 0.15) is 0 Å². The van der Waals surface area contributed by atoms with Crippen LogP contribution in [-0.2, 0) is 5.41 Å². The third kappa shape index (κ3) is 5.23. The van der Waals surface area contributed by atoms with Crippen LogP contribution in [0.4, 0.5) is 16.2 Å². The van der Waals surface area contributed by atoms with Crippen molar-refractivity contribution in [3.05, 3.63) is 59.2 Å². The van der Waals surface area contributed by atoms with Crippen molar-refractivity contribution in [1.82, 2.24) is 0 Å². The van der Waals surface area contributed by atoms with Crippen LogP contribution in [0.15, 0.2) is 42.5 Å². The van der Waals surface area contributed by atoms with Gasteiger partial charge in [-0.05, 0) is 53.5 Å². The highest BCUT2D eigenvalue weighted by molar-refractivity contribution is 5.93. The number of primary amides is 1. The molecule has 0 spiro atoms. The van der Waals surface area contributed by atoms with Gasteiger partial charge in [0.25, 0.3) is 0 Å². The van der Waals surface area contributed by atoms with Crippen molar-refractivity contribution < 1.29 is 4.79 Å². The van der Waals surface area contributed by atoms with Crippen LogP contribution in [-0.4, -0.2) is 26.7 Å². The van der Waals surface area contributed by atoms with Crippen molar-refractivity contribution in [2.75, 3.05) is 30.4 Å². The standard InChI is InChI=1S/C27H39N3O.ClH/c1-19(2)23-10-9-11-24(20(3)4)25(23)30(26(28)31)18-27(16-7-8-17-27)21-12-14-22(15-13-21)29(5)6;/h9-15,19-20H,7-8,16-18H2,1-6H3,(H2,28,31);1H. The molecule has 1 fully saturated rings. The molecule has 1 aliphatic rings. The SMILES string of the molecule is CC(C)c1cccc(C(C)C)c1N(CC1(c2ccc(N(C)C)cc2)CCCC1)C(N)=O.Cl. The highest BCUT2D eigenvalue weighted by Crippen LogP contribution is 2.44. The molecule has 1 aliphatic carbocycles. The predicted octanol–water partition coefficient (Wildman–Crippen LogP) is 6.82. The molecule has 2 amide bonds. The van der Waals surface area contributed by atoms with Gasteiger partial charge in [0.05, 0.1) is 5.69 Å². The number of anilines is 2. The number of amides is 2. The lowest BCUT2D eigenvalue weighted by Gasteiger charge is -2.38. The molecular weight excluding hydrogens is 418 g/mol. The van der Waals surface area contributed by atoms with Crippen molar-refractivity contribution in [1.29, 1.82) is 0 Å². The number of para-hydroxylation sites is 1. The zero-order chi connectivity index (χ0) is 22.8. The number of nitrogens with two attached hydrogens (primary N) is 1. The Morgan fingerprint density at radius 1 is 0.938 bits per heavy atom. The second kappa shape index (κ2) is 10.6. The quantitative estimate of drug-likeness (QED) is 0.495. The zero-order valence-corrected chi connectivity index (χ0v) is 21.3. The fourth-order valence-electron chi connectivity index (χ4n) is 5.10. The van der Waals surface area contributed by atoms with Crippen LogP contribution in [0.3, 0.4) is 0 Å². The third-order valence-corrected chi connectivity index (χ3v) is 6.90. The highest BCUT2D eigenvalue weighted by atomic mass is 35.5. The Balaban J connectivity index is 0.00000363. The number of hydrogen-bond donors (Lipinski definition) is 1. The molecule has 1 saturated carbocycles. The van der Waals surface area contributed by atoms with E-state index in [0.717, 1.165) is 18.5 Å². The van der Waals surface area contributed by atoms with E-state index in [-0.39, 0.29) is 23.9 Å². The van der Waals surface area contributed by atoms with Crippen LogP contribution in [0.2, 0.25) is 0 Å². The molecule has 0 aliphatic heterocycles. The Hall–Kier alpha value is -2.20. The summed E-state index contributed by atoms with van der Waals surface area (Å²) in [5.74, 6) is 0.629. The van der Waals surface area contributed by atoms with Crippen molar-refractivity contribution >= 4 is 29.8 Å². The van der Waals surface area contributed by atoms with Gasteiger partial charge < -0.3 is 10.6 Å². The molecule has 5 heteroatoms. The monoisotopic (exact) mass is 457 g/mol. The molecule has 3 rings (SSSR count). The minimum absolute atomic E-state index is 0. The average Bonchev–Trinajstić information content (AvgIpc) is 3.21. The summed E-state index contributed by atoms with van der Waals surface area (Å²) in [5.41, 5.74) is 11.9. The van der Waals surface area contributed by atoms with Gasteiger partial charge in [-0.2, -0.15) is 0 Å². The number of carbonyl (C=O) groups excluding carboxylic acids is 1. The van der Waals surface area contributed by atoms with Crippen molar-refractivity contribution in [3.8, 4) is 0 Å². The van der Waals surface area contributed by atoms with E-state index >= 15 is 0 Å². The molecular formula is C27H40ClN3O. The average molecular weight is 458 g/mol. The summed E-state index contributed by atoms with van der Waals surface area (Å²) in [6.45, 7) is 9.38. The lowest BCUT2D eigenvalue weighted by atomic mass is 9.77. The van der Waals surface area contributed by atoms with E-state index < -0.39 is 0 Å². The Morgan fingerprint density at radius 3 is 1.84 bits per heavy atom. The summed E-state index contributed by atoms with van der Waals surface area (Å²) in [4.78, 5) is 16.9. The molecule has 2 N–H and O–H groups in total. The molecule has 176 valence electrons. The van der Waals surface area contributed by atoms with E-state index in [0.29, 0.717) is 18.4 Å². The maximum absolute atomic E-state index is 12.9. The summed E-state index contributed by atoms with van der Waals surface area (Å²) in [5, 5.41) is 0. The Bertz CT molecular complexity index is 873. The summed E-state index contributed by atoms with van der Waals surface area (Å²) in [7, 11) is 4.12. The highest BCUT2D eigenvalue weighted by Gasteiger charge is 2.39. The number of nitrogens with zero attached hydrogens (tertiary/aromatic N) is 2. The van der Waals surface area contributed by atoms with E-state index in [4.69, 9.17) is 5.73 Å². The largest absolute Gasteiger partial charge is 0.378 e. The lowest BCUT2D eigenvalue weighted by molar-refractivity contribution is 0.251. The van der Waals surface area contributed by atoms with E-state index in [1.807, 2.05) is 4.90 Å². The van der Waals surface area contributed by atoms with Crippen LogP contribution in [0.25, 0.3) is 0 Å². The molecule has 0 unspecified atom stereocenters. The van der Waals surface area contributed by atoms with Gasteiger partial charge in [-0.15, -0.1) is 12.4 Å². The predicted molar refractivity (Wildman–Crippen MR) is 140 cm³/mol. The molecule has 0 atom stereocenters. The van der Waals surface area contributed by atoms with E-state index in [2.05, 4.69) is 89.2 Å². The zero-order valence-electron chi connectivity index (χ0n) is 20.5. The number of halogens is 1.